The van der Waals surface area contributed by atoms with Crippen LogP contribution in [0.3, 0.4) is 0 Å². The van der Waals surface area contributed by atoms with Crippen LogP contribution in [-0.4, -0.2) is 18.6 Å². The standard InChI is InChI=1S/C16H27ClN2/c1-7-16(4,5)19(6)15-10-8-9-14(17)13(15)11-18-12(2)3/h8-10,12,18H,7,11H2,1-6H3. The van der Waals surface area contributed by atoms with Crippen molar-refractivity contribution in [1.29, 1.82) is 0 Å². The molecule has 1 N–H and O–H groups in total. The zero-order chi connectivity index (χ0) is 14.6. The zero-order valence-electron chi connectivity index (χ0n) is 13.0. The molecule has 0 saturated carbocycles. The van der Waals surface area contributed by atoms with Crippen molar-refractivity contribution in [2.24, 2.45) is 0 Å². The molecule has 0 amide bonds. The van der Waals surface area contributed by atoms with Crippen LogP contribution in [0.5, 0.6) is 0 Å². The molecule has 0 atom stereocenters. The van der Waals surface area contributed by atoms with E-state index in [1.54, 1.807) is 0 Å². The number of nitrogens with zero attached hydrogens (tertiary/aromatic N) is 1. The molecule has 2 nitrogen and oxygen atoms in total. The van der Waals surface area contributed by atoms with E-state index in [1.807, 2.05) is 12.1 Å². The van der Waals surface area contributed by atoms with E-state index in [4.69, 9.17) is 11.6 Å². The zero-order valence-corrected chi connectivity index (χ0v) is 13.8. The van der Waals surface area contributed by atoms with Crippen molar-refractivity contribution in [2.45, 2.75) is 59.2 Å². The third-order valence-electron chi connectivity index (χ3n) is 3.92. The Morgan fingerprint density at radius 3 is 2.47 bits per heavy atom. The van der Waals surface area contributed by atoms with Gasteiger partial charge in [0.1, 0.15) is 0 Å². The molecule has 0 aromatic heterocycles. The minimum Gasteiger partial charge on any atom is -0.369 e. The van der Waals surface area contributed by atoms with E-state index < -0.39 is 0 Å². The van der Waals surface area contributed by atoms with E-state index in [2.05, 4.69) is 57.9 Å². The number of hydrogen-bond donors (Lipinski definition) is 1. The Hall–Kier alpha value is -0.730. The molecule has 3 heteroatoms. The fourth-order valence-corrected chi connectivity index (χ4v) is 2.14. The second kappa shape index (κ2) is 6.62. The number of nitrogens with one attached hydrogen (secondary N) is 1. The van der Waals surface area contributed by atoms with Gasteiger partial charge < -0.3 is 10.2 Å². The summed E-state index contributed by atoms with van der Waals surface area (Å²) < 4.78 is 0. The summed E-state index contributed by atoms with van der Waals surface area (Å²) in [7, 11) is 2.15. The molecule has 0 radical (unpaired) electrons. The van der Waals surface area contributed by atoms with Gasteiger partial charge in [0, 0.05) is 41.4 Å². The van der Waals surface area contributed by atoms with E-state index in [0.717, 1.165) is 18.0 Å². The van der Waals surface area contributed by atoms with Gasteiger partial charge in [0.2, 0.25) is 0 Å². The predicted molar refractivity (Wildman–Crippen MR) is 86.2 cm³/mol. The Balaban J connectivity index is 3.09. The Bertz CT molecular complexity index is 413. The SMILES string of the molecule is CCC(C)(C)N(C)c1cccc(Cl)c1CNC(C)C. The van der Waals surface area contributed by atoms with Crippen molar-refractivity contribution in [3.8, 4) is 0 Å². The van der Waals surface area contributed by atoms with Crippen LogP contribution in [-0.2, 0) is 6.54 Å². The minimum absolute atomic E-state index is 0.122. The first-order valence-corrected chi connectivity index (χ1v) is 7.42. The smallest absolute Gasteiger partial charge is 0.0471 e. The first kappa shape index (κ1) is 16.3. The van der Waals surface area contributed by atoms with Crippen molar-refractivity contribution in [2.75, 3.05) is 11.9 Å². The Kier molecular flexibility index (Phi) is 5.69. The highest BCUT2D eigenvalue weighted by molar-refractivity contribution is 6.31. The molecule has 0 unspecified atom stereocenters. The lowest BCUT2D eigenvalue weighted by Crippen LogP contribution is -2.41. The molecular formula is C16H27ClN2. The first-order valence-electron chi connectivity index (χ1n) is 7.04. The predicted octanol–water partition coefficient (Wildman–Crippen LogP) is 4.46. The lowest BCUT2D eigenvalue weighted by Gasteiger charge is -2.38. The lowest BCUT2D eigenvalue weighted by atomic mass is 9.98. The minimum atomic E-state index is 0.122. The van der Waals surface area contributed by atoms with E-state index in [1.165, 1.54) is 11.3 Å². The second-order valence-corrected chi connectivity index (χ2v) is 6.41. The molecule has 0 fully saturated rings. The van der Waals surface area contributed by atoms with Crippen molar-refractivity contribution in [3.63, 3.8) is 0 Å². The first-order chi connectivity index (χ1) is 8.79. The number of halogens is 1. The topological polar surface area (TPSA) is 15.3 Å². The molecule has 0 bridgehead atoms. The van der Waals surface area contributed by atoms with Crippen LogP contribution in [0.4, 0.5) is 5.69 Å². The number of hydrogen-bond acceptors (Lipinski definition) is 2. The monoisotopic (exact) mass is 282 g/mol. The quantitative estimate of drug-likeness (QED) is 0.828. The Labute approximate surface area is 123 Å². The molecule has 0 heterocycles. The fraction of sp³-hybridized carbons (Fsp3) is 0.625. The van der Waals surface area contributed by atoms with Crippen molar-refractivity contribution in [3.05, 3.63) is 28.8 Å². The highest BCUT2D eigenvalue weighted by atomic mass is 35.5. The van der Waals surface area contributed by atoms with Crippen LogP contribution >= 0.6 is 11.6 Å². The molecule has 0 spiro atoms. The summed E-state index contributed by atoms with van der Waals surface area (Å²) in [5, 5.41) is 4.29. The average Bonchev–Trinajstić information content (AvgIpc) is 2.35. The summed E-state index contributed by atoms with van der Waals surface area (Å²) in [5.74, 6) is 0. The summed E-state index contributed by atoms with van der Waals surface area (Å²) in [5.41, 5.74) is 2.52. The average molecular weight is 283 g/mol. The maximum atomic E-state index is 6.38. The maximum Gasteiger partial charge on any atom is 0.0471 e. The molecule has 1 rings (SSSR count). The van der Waals surface area contributed by atoms with Gasteiger partial charge in [-0.15, -0.1) is 0 Å². The van der Waals surface area contributed by atoms with E-state index in [0.29, 0.717) is 6.04 Å². The second-order valence-electron chi connectivity index (χ2n) is 6.00. The highest BCUT2D eigenvalue weighted by Crippen LogP contribution is 2.32. The van der Waals surface area contributed by atoms with Crippen molar-refractivity contribution in [1.82, 2.24) is 5.32 Å². The summed E-state index contributed by atoms with van der Waals surface area (Å²) >= 11 is 6.38. The number of benzene rings is 1. The third kappa shape index (κ3) is 4.12. The van der Waals surface area contributed by atoms with Gasteiger partial charge in [-0.2, -0.15) is 0 Å². The van der Waals surface area contributed by atoms with Crippen LogP contribution < -0.4 is 10.2 Å². The van der Waals surface area contributed by atoms with Crippen LogP contribution in [0.25, 0.3) is 0 Å². The van der Waals surface area contributed by atoms with E-state index in [-0.39, 0.29) is 5.54 Å². The Morgan fingerprint density at radius 1 is 1.32 bits per heavy atom. The molecule has 1 aromatic rings. The van der Waals surface area contributed by atoms with E-state index >= 15 is 0 Å². The van der Waals surface area contributed by atoms with Gasteiger partial charge in [0.15, 0.2) is 0 Å². The van der Waals surface area contributed by atoms with Crippen LogP contribution in [0.1, 0.15) is 46.6 Å². The summed E-state index contributed by atoms with van der Waals surface area (Å²) in [6, 6.07) is 6.60. The highest BCUT2D eigenvalue weighted by Gasteiger charge is 2.24. The van der Waals surface area contributed by atoms with Crippen molar-refractivity contribution >= 4 is 17.3 Å². The molecule has 0 aliphatic heterocycles. The molecule has 0 aliphatic rings. The van der Waals surface area contributed by atoms with Crippen LogP contribution in [0, 0.1) is 0 Å². The van der Waals surface area contributed by atoms with Gasteiger partial charge >= 0.3 is 0 Å². The molecule has 108 valence electrons. The number of rotatable bonds is 6. The van der Waals surface area contributed by atoms with Gasteiger partial charge in [-0.25, -0.2) is 0 Å². The van der Waals surface area contributed by atoms with Gasteiger partial charge in [0.05, 0.1) is 0 Å². The largest absolute Gasteiger partial charge is 0.369 e. The summed E-state index contributed by atoms with van der Waals surface area (Å²) in [6.45, 7) is 11.8. The molecule has 0 aliphatic carbocycles. The number of anilines is 1. The Morgan fingerprint density at radius 2 is 1.95 bits per heavy atom. The third-order valence-corrected chi connectivity index (χ3v) is 4.27. The molecule has 19 heavy (non-hydrogen) atoms. The van der Waals surface area contributed by atoms with Crippen LogP contribution in [0.2, 0.25) is 5.02 Å². The summed E-state index contributed by atoms with van der Waals surface area (Å²) in [4.78, 5) is 2.33. The van der Waals surface area contributed by atoms with Crippen LogP contribution in [0.15, 0.2) is 18.2 Å². The van der Waals surface area contributed by atoms with Gasteiger partial charge in [-0.1, -0.05) is 38.4 Å². The van der Waals surface area contributed by atoms with Crippen molar-refractivity contribution < 1.29 is 0 Å². The van der Waals surface area contributed by atoms with Gasteiger partial charge in [-0.3, -0.25) is 0 Å². The molecular weight excluding hydrogens is 256 g/mol. The maximum absolute atomic E-state index is 6.38. The molecule has 0 saturated heterocycles. The molecule has 1 aromatic carbocycles. The lowest BCUT2D eigenvalue weighted by molar-refractivity contribution is 0.468. The summed E-state index contributed by atoms with van der Waals surface area (Å²) in [6.07, 6.45) is 1.09. The fourth-order valence-electron chi connectivity index (χ4n) is 1.91. The van der Waals surface area contributed by atoms with Gasteiger partial charge in [-0.05, 0) is 32.4 Å². The normalized spacial score (nSPS) is 12.0. The van der Waals surface area contributed by atoms with E-state index in [9.17, 15) is 0 Å². The van der Waals surface area contributed by atoms with Gasteiger partial charge in [0.25, 0.3) is 0 Å².